The molecule has 2 nitrogen and oxygen atoms in total. The van der Waals surface area contributed by atoms with Crippen molar-refractivity contribution < 1.29 is 4.79 Å². The number of thiophene rings is 1. The number of carbonyl (C=O) groups excluding carboxylic acids is 1. The molecule has 0 bridgehead atoms. The second-order valence-electron chi connectivity index (χ2n) is 4.78. The Kier molecular flexibility index (Phi) is 4.60. The first kappa shape index (κ1) is 12.6. The first-order chi connectivity index (χ1) is 8.31. The summed E-state index contributed by atoms with van der Waals surface area (Å²) in [4.78, 5) is 14.3. The molecule has 17 heavy (non-hydrogen) atoms. The fourth-order valence-electron chi connectivity index (χ4n) is 2.58. The molecule has 2 rings (SSSR count). The van der Waals surface area contributed by atoms with E-state index in [1.807, 2.05) is 0 Å². The molecule has 0 radical (unpaired) electrons. The summed E-state index contributed by atoms with van der Waals surface area (Å²) in [6, 6.07) is 2.62. The zero-order valence-corrected chi connectivity index (χ0v) is 11.3. The van der Waals surface area contributed by atoms with Crippen LogP contribution in [-0.4, -0.2) is 23.4 Å². The third-order valence-electron chi connectivity index (χ3n) is 3.63. The van der Waals surface area contributed by atoms with Gasteiger partial charge < -0.3 is 4.90 Å². The minimum atomic E-state index is 0.350. The Hall–Kier alpha value is -0.830. The van der Waals surface area contributed by atoms with Gasteiger partial charge in [0.05, 0.1) is 0 Å². The van der Waals surface area contributed by atoms with E-state index in [4.69, 9.17) is 0 Å². The molecule has 3 heteroatoms. The summed E-state index contributed by atoms with van der Waals surface area (Å²) in [7, 11) is 0. The van der Waals surface area contributed by atoms with E-state index in [1.54, 1.807) is 11.3 Å². The van der Waals surface area contributed by atoms with E-state index in [1.165, 1.54) is 24.8 Å². The second-order valence-corrected chi connectivity index (χ2v) is 5.56. The number of carbonyl (C=O) groups is 1. The van der Waals surface area contributed by atoms with Crippen LogP contribution < -0.4 is 0 Å². The first-order valence-corrected chi connectivity index (χ1v) is 7.56. The number of aryl methyl sites for hydroxylation is 1. The summed E-state index contributed by atoms with van der Waals surface area (Å²) in [6.45, 7) is 3.16. The smallest absolute Gasteiger partial charge is 0.223 e. The maximum atomic E-state index is 12.2. The van der Waals surface area contributed by atoms with Crippen molar-refractivity contribution >= 4 is 17.2 Å². The molecule has 1 aliphatic heterocycles. The van der Waals surface area contributed by atoms with Crippen LogP contribution >= 0.6 is 11.3 Å². The Labute approximate surface area is 108 Å². The molecule has 1 aromatic heterocycles. The van der Waals surface area contributed by atoms with Crippen LogP contribution in [0.5, 0.6) is 0 Å². The van der Waals surface area contributed by atoms with E-state index in [0.29, 0.717) is 18.4 Å². The van der Waals surface area contributed by atoms with Gasteiger partial charge in [0.15, 0.2) is 0 Å². The molecule has 0 aliphatic carbocycles. The fourth-order valence-corrected chi connectivity index (χ4v) is 3.29. The highest BCUT2D eigenvalue weighted by Gasteiger charge is 2.24. The molecular weight excluding hydrogens is 230 g/mol. The van der Waals surface area contributed by atoms with Crippen molar-refractivity contribution in [2.45, 2.75) is 51.5 Å². The van der Waals surface area contributed by atoms with Crippen molar-refractivity contribution in [3.8, 4) is 0 Å². The van der Waals surface area contributed by atoms with Crippen molar-refractivity contribution in [1.82, 2.24) is 4.90 Å². The van der Waals surface area contributed by atoms with Gasteiger partial charge in [0, 0.05) is 19.0 Å². The zero-order valence-electron chi connectivity index (χ0n) is 10.5. The van der Waals surface area contributed by atoms with Crippen LogP contribution in [0.3, 0.4) is 0 Å². The Morgan fingerprint density at radius 3 is 3.12 bits per heavy atom. The normalized spacial score (nSPS) is 20.5. The third kappa shape index (κ3) is 3.32. The summed E-state index contributed by atoms with van der Waals surface area (Å²) in [6.07, 6.45) is 6.33. The summed E-state index contributed by atoms with van der Waals surface area (Å²) >= 11 is 1.71. The first-order valence-electron chi connectivity index (χ1n) is 6.61. The maximum Gasteiger partial charge on any atom is 0.223 e. The van der Waals surface area contributed by atoms with Crippen LogP contribution in [0.1, 0.15) is 44.6 Å². The molecule has 0 spiro atoms. The molecule has 1 amide bonds. The van der Waals surface area contributed by atoms with E-state index < -0.39 is 0 Å². The summed E-state index contributed by atoms with van der Waals surface area (Å²) in [5.74, 6) is 0.350. The Morgan fingerprint density at radius 2 is 2.41 bits per heavy atom. The number of piperidine rings is 1. The van der Waals surface area contributed by atoms with Gasteiger partial charge >= 0.3 is 0 Å². The van der Waals surface area contributed by atoms with Crippen molar-refractivity contribution in [3.05, 3.63) is 22.4 Å². The Bertz CT molecular complexity index is 347. The average molecular weight is 251 g/mol. The fraction of sp³-hybridized carbons (Fsp3) is 0.643. The van der Waals surface area contributed by atoms with Crippen molar-refractivity contribution in [2.75, 3.05) is 6.54 Å². The molecule has 1 aromatic rings. The predicted molar refractivity (Wildman–Crippen MR) is 72.3 cm³/mol. The SMILES string of the molecule is CC[C@@H]1CCCCN1C(=O)CCc1ccsc1. The van der Waals surface area contributed by atoms with Crippen LogP contribution in [0.15, 0.2) is 16.8 Å². The molecule has 0 aromatic carbocycles. The van der Waals surface area contributed by atoms with Crippen LogP contribution in [-0.2, 0) is 11.2 Å². The van der Waals surface area contributed by atoms with Gasteiger partial charge in [0.1, 0.15) is 0 Å². The van der Waals surface area contributed by atoms with Crippen molar-refractivity contribution in [3.63, 3.8) is 0 Å². The number of hydrogen-bond donors (Lipinski definition) is 0. The van der Waals surface area contributed by atoms with Gasteiger partial charge in [-0.15, -0.1) is 0 Å². The number of hydrogen-bond acceptors (Lipinski definition) is 2. The highest BCUT2D eigenvalue weighted by atomic mass is 32.1. The topological polar surface area (TPSA) is 20.3 Å². The monoisotopic (exact) mass is 251 g/mol. The van der Waals surface area contributed by atoms with Crippen molar-refractivity contribution in [2.24, 2.45) is 0 Å². The van der Waals surface area contributed by atoms with Crippen LogP contribution in [0.4, 0.5) is 0 Å². The number of likely N-dealkylation sites (tertiary alicyclic amines) is 1. The largest absolute Gasteiger partial charge is 0.340 e. The standard InChI is InChI=1S/C14H21NOS/c1-2-13-5-3-4-9-15(13)14(16)7-6-12-8-10-17-11-12/h8,10-11,13H,2-7,9H2,1H3/t13-/m1/s1. The minimum absolute atomic E-state index is 0.350. The Morgan fingerprint density at radius 1 is 1.53 bits per heavy atom. The molecule has 1 saturated heterocycles. The summed E-state index contributed by atoms with van der Waals surface area (Å²) in [5.41, 5.74) is 1.30. The zero-order chi connectivity index (χ0) is 12.1. The highest BCUT2D eigenvalue weighted by Crippen LogP contribution is 2.21. The van der Waals surface area contributed by atoms with Gasteiger partial charge in [-0.25, -0.2) is 0 Å². The lowest BCUT2D eigenvalue weighted by molar-refractivity contribution is -0.134. The van der Waals surface area contributed by atoms with Crippen LogP contribution in [0, 0.1) is 0 Å². The van der Waals surface area contributed by atoms with Gasteiger partial charge in [0.25, 0.3) is 0 Å². The predicted octanol–water partition coefficient (Wildman–Crippen LogP) is 3.47. The number of amides is 1. The van der Waals surface area contributed by atoms with E-state index >= 15 is 0 Å². The van der Waals surface area contributed by atoms with E-state index in [0.717, 1.165) is 19.4 Å². The molecule has 0 unspecified atom stereocenters. The van der Waals surface area contributed by atoms with E-state index in [-0.39, 0.29) is 0 Å². The number of nitrogens with zero attached hydrogens (tertiary/aromatic N) is 1. The Balaban J connectivity index is 1.85. The lowest BCUT2D eigenvalue weighted by atomic mass is 9.99. The molecule has 1 fully saturated rings. The molecule has 2 heterocycles. The van der Waals surface area contributed by atoms with E-state index in [9.17, 15) is 4.79 Å². The summed E-state index contributed by atoms with van der Waals surface area (Å²) < 4.78 is 0. The molecule has 0 N–H and O–H groups in total. The third-order valence-corrected chi connectivity index (χ3v) is 4.36. The highest BCUT2D eigenvalue weighted by molar-refractivity contribution is 7.07. The minimum Gasteiger partial charge on any atom is -0.340 e. The van der Waals surface area contributed by atoms with Gasteiger partial charge in [0.2, 0.25) is 5.91 Å². The van der Waals surface area contributed by atoms with Gasteiger partial charge in [-0.3, -0.25) is 4.79 Å². The molecule has 0 saturated carbocycles. The lowest BCUT2D eigenvalue weighted by Gasteiger charge is -2.35. The molecule has 1 atom stereocenters. The molecule has 1 aliphatic rings. The quantitative estimate of drug-likeness (QED) is 0.802. The summed E-state index contributed by atoms with van der Waals surface area (Å²) in [5, 5.41) is 4.22. The average Bonchev–Trinajstić information content (AvgIpc) is 2.89. The van der Waals surface area contributed by atoms with E-state index in [2.05, 4.69) is 28.7 Å². The number of rotatable bonds is 4. The van der Waals surface area contributed by atoms with Gasteiger partial charge in [-0.1, -0.05) is 6.92 Å². The van der Waals surface area contributed by atoms with Gasteiger partial charge in [-0.2, -0.15) is 11.3 Å². The molecular formula is C14H21NOS. The molecule has 94 valence electrons. The lowest BCUT2D eigenvalue weighted by Crippen LogP contribution is -2.43. The van der Waals surface area contributed by atoms with Gasteiger partial charge in [-0.05, 0) is 54.5 Å². The van der Waals surface area contributed by atoms with Crippen LogP contribution in [0.2, 0.25) is 0 Å². The van der Waals surface area contributed by atoms with Crippen LogP contribution in [0.25, 0.3) is 0 Å². The second kappa shape index (κ2) is 6.20. The maximum absolute atomic E-state index is 12.2. The van der Waals surface area contributed by atoms with Crippen molar-refractivity contribution in [1.29, 1.82) is 0 Å².